The van der Waals surface area contributed by atoms with E-state index in [0.717, 1.165) is 11.4 Å². The van der Waals surface area contributed by atoms with Gasteiger partial charge in [0, 0.05) is 17.4 Å². The Morgan fingerprint density at radius 1 is 0.792 bits per heavy atom. The van der Waals surface area contributed by atoms with E-state index in [9.17, 15) is 0 Å². The Bertz CT molecular complexity index is 904. The van der Waals surface area contributed by atoms with Crippen molar-refractivity contribution >= 4 is 46.2 Å². The van der Waals surface area contributed by atoms with Crippen LogP contribution in [0.2, 0.25) is 10.0 Å². The van der Waals surface area contributed by atoms with Crippen molar-refractivity contribution in [1.29, 1.82) is 5.26 Å². The molecule has 0 atom stereocenters. The molecular formula is C17H11Cl2N5. The number of nitrogens with one attached hydrogen (secondary N) is 2. The van der Waals surface area contributed by atoms with Gasteiger partial charge in [0.2, 0.25) is 0 Å². The Morgan fingerprint density at radius 2 is 1.42 bits per heavy atom. The minimum Gasteiger partial charge on any atom is -0.340 e. The lowest BCUT2D eigenvalue weighted by Gasteiger charge is -2.09. The standard InChI is InChI=1S/C17H11Cl2N5/c18-14-6-5-13(7-15(14)19)24-17-8-16(21-10-22-17)23-12-3-1-11(9-20)2-4-12/h1-8,10H,(H2,21,22,23,24). The van der Waals surface area contributed by atoms with E-state index in [2.05, 4.69) is 26.7 Å². The molecule has 0 aliphatic heterocycles. The van der Waals surface area contributed by atoms with Gasteiger partial charge in [-0.25, -0.2) is 9.97 Å². The van der Waals surface area contributed by atoms with Crippen LogP contribution >= 0.6 is 23.2 Å². The van der Waals surface area contributed by atoms with Gasteiger partial charge in [-0.1, -0.05) is 23.2 Å². The van der Waals surface area contributed by atoms with E-state index in [0.29, 0.717) is 27.2 Å². The van der Waals surface area contributed by atoms with Gasteiger partial charge < -0.3 is 10.6 Å². The number of nitriles is 1. The molecule has 118 valence electrons. The van der Waals surface area contributed by atoms with E-state index < -0.39 is 0 Å². The molecule has 1 heterocycles. The van der Waals surface area contributed by atoms with Crippen molar-refractivity contribution in [3.63, 3.8) is 0 Å². The van der Waals surface area contributed by atoms with Crippen molar-refractivity contribution in [3.8, 4) is 6.07 Å². The average Bonchev–Trinajstić information content (AvgIpc) is 2.59. The smallest absolute Gasteiger partial charge is 0.135 e. The summed E-state index contributed by atoms with van der Waals surface area (Å²) in [5.41, 5.74) is 2.20. The molecule has 2 N–H and O–H groups in total. The maximum Gasteiger partial charge on any atom is 0.135 e. The van der Waals surface area contributed by atoms with Crippen LogP contribution in [0.4, 0.5) is 23.0 Å². The fraction of sp³-hybridized carbons (Fsp3) is 0. The highest BCUT2D eigenvalue weighted by Gasteiger charge is 2.03. The van der Waals surface area contributed by atoms with Gasteiger partial charge in [0.25, 0.3) is 0 Å². The number of aromatic nitrogens is 2. The third-order valence-corrected chi connectivity index (χ3v) is 3.88. The van der Waals surface area contributed by atoms with Crippen LogP contribution in [0.3, 0.4) is 0 Å². The molecule has 5 nitrogen and oxygen atoms in total. The molecule has 0 bridgehead atoms. The molecule has 24 heavy (non-hydrogen) atoms. The van der Waals surface area contributed by atoms with E-state index in [1.54, 1.807) is 30.3 Å². The van der Waals surface area contributed by atoms with Crippen LogP contribution in [0, 0.1) is 11.3 Å². The largest absolute Gasteiger partial charge is 0.340 e. The van der Waals surface area contributed by atoms with Gasteiger partial charge in [-0.05, 0) is 42.5 Å². The molecule has 3 rings (SSSR count). The molecule has 0 amide bonds. The number of benzene rings is 2. The maximum atomic E-state index is 8.81. The lowest BCUT2D eigenvalue weighted by atomic mass is 10.2. The Labute approximate surface area is 148 Å². The third-order valence-electron chi connectivity index (χ3n) is 3.15. The zero-order valence-corrected chi connectivity index (χ0v) is 13.8. The van der Waals surface area contributed by atoms with Gasteiger partial charge in [0.1, 0.15) is 18.0 Å². The highest BCUT2D eigenvalue weighted by atomic mass is 35.5. The second kappa shape index (κ2) is 7.18. The van der Waals surface area contributed by atoms with Crippen molar-refractivity contribution in [1.82, 2.24) is 9.97 Å². The van der Waals surface area contributed by atoms with Crippen molar-refractivity contribution in [3.05, 3.63) is 70.5 Å². The number of hydrogen-bond acceptors (Lipinski definition) is 5. The van der Waals surface area contributed by atoms with Gasteiger partial charge >= 0.3 is 0 Å². The van der Waals surface area contributed by atoms with E-state index in [-0.39, 0.29) is 0 Å². The quantitative estimate of drug-likeness (QED) is 0.677. The minimum atomic E-state index is 0.464. The molecule has 1 aromatic heterocycles. The van der Waals surface area contributed by atoms with Gasteiger partial charge in [-0.2, -0.15) is 5.26 Å². The number of nitrogens with zero attached hydrogens (tertiary/aromatic N) is 3. The zero-order valence-electron chi connectivity index (χ0n) is 12.3. The summed E-state index contributed by atoms with van der Waals surface area (Å²) in [6.07, 6.45) is 1.45. The number of hydrogen-bond donors (Lipinski definition) is 2. The fourth-order valence-corrected chi connectivity index (χ4v) is 2.29. The molecule has 0 radical (unpaired) electrons. The first kappa shape index (κ1) is 16.1. The molecule has 0 saturated heterocycles. The molecular weight excluding hydrogens is 345 g/mol. The molecule has 2 aromatic carbocycles. The summed E-state index contributed by atoms with van der Waals surface area (Å²) >= 11 is 11.9. The average molecular weight is 356 g/mol. The summed E-state index contributed by atoms with van der Waals surface area (Å²) in [5, 5.41) is 16.1. The van der Waals surface area contributed by atoms with Crippen LogP contribution in [0.15, 0.2) is 54.9 Å². The molecule has 0 fully saturated rings. The maximum absolute atomic E-state index is 8.81. The SMILES string of the molecule is N#Cc1ccc(Nc2cc(Nc3ccc(Cl)c(Cl)c3)ncn2)cc1. The Hall–Kier alpha value is -2.81. The van der Waals surface area contributed by atoms with Crippen LogP contribution in [0.5, 0.6) is 0 Å². The summed E-state index contributed by atoms with van der Waals surface area (Å²) in [7, 11) is 0. The normalized spacial score (nSPS) is 10.0. The van der Waals surface area contributed by atoms with Crippen molar-refractivity contribution in [2.24, 2.45) is 0 Å². The Kier molecular flexibility index (Phi) is 4.80. The summed E-state index contributed by atoms with van der Waals surface area (Å²) < 4.78 is 0. The Morgan fingerprint density at radius 3 is 2.04 bits per heavy atom. The summed E-state index contributed by atoms with van der Waals surface area (Å²) in [6, 6.07) is 16.2. The van der Waals surface area contributed by atoms with Crippen LogP contribution in [-0.2, 0) is 0 Å². The fourth-order valence-electron chi connectivity index (χ4n) is 1.99. The van der Waals surface area contributed by atoms with Crippen LogP contribution in [0.1, 0.15) is 5.56 Å². The van der Waals surface area contributed by atoms with E-state index in [1.807, 2.05) is 18.2 Å². The second-order valence-corrected chi connectivity index (χ2v) is 5.67. The molecule has 7 heteroatoms. The van der Waals surface area contributed by atoms with Crippen LogP contribution in [-0.4, -0.2) is 9.97 Å². The zero-order chi connectivity index (χ0) is 16.9. The highest BCUT2D eigenvalue weighted by molar-refractivity contribution is 6.42. The molecule has 0 unspecified atom stereocenters. The predicted molar refractivity (Wildman–Crippen MR) is 96.2 cm³/mol. The summed E-state index contributed by atoms with van der Waals surface area (Å²) in [5.74, 6) is 1.23. The van der Waals surface area contributed by atoms with Gasteiger partial charge in [-0.15, -0.1) is 0 Å². The molecule has 0 aliphatic carbocycles. The first-order chi connectivity index (χ1) is 11.6. The second-order valence-electron chi connectivity index (χ2n) is 4.86. The topological polar surface area (TPSA) is 73.6 Å². The Balaban J connectivity index is 1.75. The van der Waals surface area contributed by atoms with Gasteiger partial charge in [0.15, 0.2) is 0 Å². The van der Waals surface area contributed by atoms with Crippen LogP contribution < -0.4 is 10.6 Å². The van der Waals surface area contributed by atoms with Gasteiger partial charge in [0.05, 0.1) is 21.7 Å². The number of anilines is 4. The van der Waals surface area contributed by atoms with Crippen molar-refractivity contribution in [2.45, 2.75) is 0 Å². The summed E-state index contributed by atoms with van der Waals surface area (Å²) in [4.78, 5) is 8.35. The molecule has 0 saturated carbocycles. The first-order valence-corrected chi connectivity index (χ1v) is 7.71. The monoisotopic (exact) mass is 355 g/mol. The highest BCUT2D eigenvalue weighted by Crippen LogP contribution is 2.27. The lowest BCUT2D eigenvalue weighted by molar-refractivity contribution is 1.17. The van der Waals surface area contributed by atoms with Gasteiger partial charge in [-0.3, -0.25) is 0 Å². The molecule has 0 aliphatic rings. The van der Waals surface area contributed by atoms with E-state index >= 15 is 0 Å². The molecule has 3 aromatic rings. The minimum absolute atomic E-state index is 0.464. The lowest BCUT2D eigenvalue weighted by Crippen LogP contribution is -1.98. The van der Waals surface area contributed by atoms with Crippen molar-refractivity contribution < 1.29 is 0 Å². The van der Waals surface area contributed by atoms with E-state index in [1.165, 1.54) is 6.33 Å². The summed E-state index contributed by atoms with van der Waals surface area (Å²) in [6.45, 7) is 0. The first-order valence-electron chi connectivity index (χ1n) is 6.95. The number of rotatable bonds is 4. The van der Waals surface area contributed by atoms with Crippen LogP contribution in [0.25, 0.3) is 0 Å². The predicted octanol–water partition coefficient (Wildman–Crippen LogP) is 5.14. The molecule has 0 spiro atoms. The van der Waals surface area contributed by atoms with Crippen molar-refractivity contribution in [2.75, 3.05) is 10.6 Å². The number of halogens is 2. The third kappa shape index (κ3) is 3.93. The van der Waals surface area contributed by atoms with E-state index in [4.69, 9.17) is 28.5 Å².